The molecule has 1 N–H and O–H groups in total. The summed E-state index contributed by atoms with van der Waals surface area (Å²) in [6, 6.07) is 9.02. The summed E-state index contributed by atoms with van der Waals surface area (Å²) in [5.41, 5.74) is 1.78. The van der Waals surface area contributed by atoms with E-state index in [-0.39, 0.29) is 6.04 Å². The lowest BCUT2D eigenvalue weighted by atomic mass is 10.0. The first-order valence-corrected chi connectivity index (χ1v) is 12.0. The van der Waals surface area contributed by atoms with Crippen molar-refractivity contribution in [1.82, 2.24) is 24.1 Å². The van der Waals surface area contributed by atoms with Crippen molar-refractivity contribution in [3.63, 3.8) is 0 Å². The highest BCUT2D eigenvalue weighted by Gasteiger charge is 2.26. The Bertz CT molecular complexity index is 1480. The molecule has 0 unspecified atom stereocenters. The second-order valence-corrected chi connectivity index (χ2v) is 9.38. The molecule has 1 aliphatic rings. The zero-order valence-corrected chi connectivity index (χ0v) is 20.5. The Balaban J connectivity index is 1.28. The molecule has 5 rings (SSSR count). The maximum absolute atomic E-state index is 12.9. The molecule has 0 aliphatic carbocycles. The van der Waals surface area contributed by atoms with Gasteiger partial charge in [-0.2, -0.15) is 0 Å². The van der Waals surface area contributed by atoms with Gasteiger partial charge in [-0.05, 0) is 43.2 Å². The molecule has 0 amide bonds. The minimum Gasteiger partial charge on any atom is -0.381 e. The monoisotopic (exact) mass is 511 g/mol. The molecule has 1 saturated heterocycles. The molecule has 180 valence electrons. The Morgan fingerprint density at radius 3 is 2.31 bits per heavy atom. The molecule has 1 aliphatic heterocycles. The highest BCUT2D eigenvalue weighted by molar-refractivity contribution is 6.31. The highest BCUT2D eigenvalue weighted by Crippen LogP contribution is 2.26. The van der Waals surface area contributed by atoms with Gasteiger partial charge in [-0.1, -0.05) is 23.2 Å². The number of hydrogen-bond donors (Lipinski definition) is 1. The van der Waals surface area contributed by atoms with Gasteiger partial charge in [0.2, 0.25) is 5.95 Å². The first-order valence-electron chi connectivity index (χ1n) is 11.2. The van der Waals surface area contributed by atoms with Crippen LogP contribution in [0, 0.1) is 0 Å². The van der Waals surface area contributed by atoms with E-state index in [0.29, 0.717) is 59.6 Å². The van der Waals surface area contributed by atoms with Crippen LogP contribution in [0.5, 0.6) is 0 Å². The van der Waals surface area contributed by atoms with Crippen LogP contribution in [0.25, 0.3) is 11.2 Å². The number of aryl methyl sites for hydroxylation is 1. The lowest BCUT2D eigenvalue weighted by Gasteiger charge is -2.33. The summed E-state index contributed by atoms with van der Waals surface area (Å²) >= 11 is 12.0. The van der Waals surface area contributed by atoms with Gasteiger partial charge in [-0.3, -0.25) is 14.2 Å². The first-order chi connectivity index (χ1) is 16.9. The third kappa shape index (κ3) is 4.74. The van der Waals surface area contributed by atoms with Gasteiger partial charge in [0.1, 0.15) is 0 Å². The molecule has 0 spiro atoms. The molecule has 35 heavy (non-hydrogen) atoms. The Labute approximate surface area is 211 Å². The fourth-order valence-electron chi connectivity index (χ4n) is 4.34. The minimum absolute atomic E-state index is 0.147. The molecule has 11 heteroatoms. The van der Waals surface area contributed by atoms with Crippen molar-refractivity contribution in [3.8, 4) is 0 Å². The molecule has 1 fully saturated rings. The predicted molar refractivity (Wildman–Crippen MR) is 138 cm³/mol. The van der Waals surface area contributed by atoms with Crippen molar-refractivity contribution >= 4 is 46.0 Å². The number of nitrogens with zero attached hydrogens (tertiary/aromatic N) is 6. The summed E-state index contributed by atoms with van der Waals surface area (Å²) in [4.78, 5) is 40.9. The summed E-state index contributed by atoms with van der Waals surface area (Å²) in [6.45, 7) is 1.91. The number of hydrogen-bond acceptors (Lipinski definition) is 7. The van der Waals surface area contributed by atoms with Crippen LogP contribution >= 0.6 is 23.2 Å². The quantitative estimate of drug-likeness (QED) is 0.408. The molecule has 9 nitrogen and oxygen atoms in total. The van der Waals surface area contributed by atoms with Crippen molar-refractivity contribution in [1.29, 1.82) is 0 Å². The van der Waals surface area contributed by atoms with E-state index in [1.807, 2.05) is 36.7 Å². The number of halogens is 2. The van der Waals surface area contributed by atoms with E-state index < -0.39 is 11.1 Å². The second kappa shape index (κ2) is 9.67. The Morgan fingerprint density at radius 2 is 1.63 bits per heavy atom. The van der Waals surface area contributed by atoms with Crippen molar-refractivity contribution in [2.24, 2.45) is 7.05 Å². The van der Waals surface area contributed by atoms with Gasteiger partial charge in [0, 0.05) is 67.6 Å². The van der Waals surface area contributed by atoms with Crippen LogP contribution in [0.15, 0.2) is 58.5 Å². The summed E-state index contributed by atoms with van der Waals surface area (Å²) in [6.07, 6.45) is 6.44. The molecule has 4 heterocycles. The van der Waals surface area contributed by atoms with E-state index >= 15 is 0 Å². The van der Waals surface area contributed by atoms with Crippen molar-refractivity contribution in [3.05, 3.63) is 85.2 Å². The maximum atomic E-state index is 12.9. The lowest BCUT2D eigenvalue weighted by molar-refractivity contribution is 0.389. The normalized spacial score (nSPS) is 14.4. The van der Waals surface area contributed by atoms with Crippen LogP contribution in [0.4, 0.5) is 11.6 Å². The standard InChI is InChI=1S/C24H23Cl2N7O2/c1-31-20-10-17(26)14-28-21(20)33(23(35)22(31)34)19-6-8-32(9-7-19)24-29-12-15(13-30-24)11-27-18-4-2-16(25)3-5-18/h2-5,10,12-14,19,27H,6-9,11H2,1H3. The van der Waals surface area contributed by atoms with E-state index in [0.717, 1.165) is 11.3 Å². The number of nitrogens with one attached hydrogen (secondary N) is 1. The lowest BCUT2D eigenvalue weighted by Crippen LogP contribution is -2.45. The fraction of sp³-hybridized carbons (Fsp3) is 0.292. The predicted octanol–water partition coefficient (Wildman–Crippen LogP) is 3.65. The first kappa shape index (κ1) is 23.3. The molecular weight excluding hydrogens is 489 g/mol. The minimum atomic E-state index is -0.588. The Kier molecular flexibility index (Phi) is 6.44. The van der Waals surface area contributed by atoms with Gasteiger partial charge in [0.25, 0.3) is 0 Å². The van der Waals surface area contributed by atoms with Crippen molar-refractivity contribution in [2.45, 2.75) is 25.4 Å². The zero-order valence-electron chi connectivity index (χ0n) is 19.0. The van der Waals surface area contributed by atoms with Crippen LogP contribution in [-0.2, 0) is 13.6 Å². The van der Waals surface area contributed by atoms with Crippen LogP contribution in [-0.4, -0.2) is 37.2 Å². The van der Waals surface area contributed by atoms with Crippen LogP contribution in [0.2, 0.25) is 10.0 Å². The van der Waals surface area contributed by atoms with E-state index in [1.165, 1.54) is 15.3 Å². The van der Waals surface area contributed by atoms with E-state index in [9.17, 15) is 9.59 Å². The molecule has 1 aromatic carbocycles. The van der Waals surface area contributed by atoms with Crippen LogP contribution in [0.1, 0.15) is 24.4 Å². The van der Waals surface area contributed by atoms with Gasteiger partial charge >= 0.3 is 11.1 Å². The Morgan fingerprint density at radius 1 is 0.943 bits per heavy atom. The number of anilines is 2. The summed E-state index contributed by atoms with van der Waals surface area (Å²) in [5, 5.41) is 4.43. The largest absolute Gasteiger partial charge is 0.381 e. The molecule has 4 aromatic rings. The Hall–Kier alpha value is -3.43. The van der Waals surface area contributed by atoms with E-state index in [2.05, 4.69) is 25.2 Å². The molecule has 3 aromatic heterocycles. The number of benzene rings is 1. The van der Waals surface area contributed by atoms with Crippen LogP contribution < -0.4 is 21.3 Å². The molecule has 0 saturated carbocycles. The molecule has 0 bridgehead atoms. The van der Waals surface area contributed by atoms with Gasteiger partial charge in [-0.25, -0.2) is 15.0 Å². The maximum Gasteiger partial charge on any atom is 0.318 e. The summed E-state index contributed by atoms with van der Waals surface area (Å²) in [5.74, 6) is 0.643. The smallest absolute Gasteiger partial charge is 0.318 e. The van der Waals surface area contributed by atoms with Crippen molar-refractivity contribution in [2.75, 3.05) is 23.3 Å². The van der Waals surface area contributed by atoms with Gasteiger partial charge in [0.05, 0.1) is 10.5 Å². The zero-order chi connectivity index (χ0) is 24.5. The number of pyridine rings is 1. The SMILES string of the molecule is Cn1c(=O)c(=O)n(C2CCN(c3ncc(CNc4ccc(Cl)cc4)cn3)CC2)c2ncc(Cl)cc21. The van der Waals surface area contributed by atoms with Crippen LogP contribution in [0.3, 0.4) is 0 Å². The average Bonchev–Trinajstić information content (AvgIpc) is 2.88. The summed E-state index contributed by atoms with van der Waals surface area (Å²) < 4.78 is 2.83. The van der Waals surface area contributed by atoms with E-state index in [4.69, 9.17) is 23.2 Å². The molecule has 0 atom stereocenters. The molecular formula is C24H23Cl2N7O2. The number of fused-ring (bicyclic) bond motifs is 1. The van der Waals surface area contributed by atoms with E-state index in [1.54, 1.807) is 13.1 Å². The highest BCUT2D eigenvalue weighted by atomic mass is 35.5. The third-order valence-electron chi connectivity index (χ3n) is 6.25. The summed E-state index contributed by atoms with van der Waals surface area (Å²) in [7, 11) is 1.56. The second-order valence-electron chi connectivity index (χ2n) is 8.51. The topological polar surface area (TPSA) is 97.9 Å². The van der Waals surface area contributed by atoms with Gasteiger partial charge in [-0.15, -0.1) is 0 Å². The average molecular weight is 512 g/mol. The third-order valence-corrected chi connectivity index (χ3v) is 6.71. The van der Waals surface area contributed by atoms with Gasteiger partial charge in [0.15, 0.2) is 5.65 Å². The van der Waals surface area contributed by atoms with Gasteiger partial charge < -0.3 is 14.8 Å². The van der Waals surface area contributed by atoms with Crippen molar-refractivity contribution < 1.29 is 0 Å². The number of piperidine rings is 1. The molecule has 0 radical (unpaired) electrons. The number of rotatable bonds is 5. The fourth-order valence-corrected chi connectivity index (χ4v) is 4.62. The number of aromatic nitrogens is 5.